The third-order valence-corrected chi connectivity index (χ3v) is 5.88. The summed E-state index contributed by atoms with van der Waals surface area (Å²) in [6.45, 7) is 4.03. The third-order valence-electron chi connectivity index (χ3n) is 5.88. The fourth-order valence-electron chi connectivity index (χ4n) is 4.89. The van der Waals surface area contributed by atoms with E-state index in [4.69, 9.17) is 0 Å². The maximum atomic E-state index is 13.1. The second kappa shape index (κ2) is 4.98. The van der Waals surface area contributed by atoms with Crippen LogP contribution in [-0.2, 0) is 17.6 Å². The molecule has 3 heteroatoms. The molecule has 23 heavy (non-hydrogen) atoms. The summed E-state index contributed by atoms with van der Waals surface area (Å²) in [6.07, 6.45) is 6.76. The Balaban J connectivity index is 1.90. The Labute approximate surface area is 136 Å². The number of aryl methyl sites for hydroxylation is 2. The molecule has 4 rings (SSSR count). The lowest BCUT2D eigenvalue weighted by atomic mass is 9.83. The van der Waals surface area contributed by atoms with Gasteiger partial charge in [0.25, 0.3) is 0 Å². The summed E-state index contributed by atoms with van der Waals surface area (Å²) in [5.74, 6) is 1.09. The van der Waals surface area contributed by atoms with Crippen LogP contribution in [-0.4, -0.2) is 16.0 Å². The molecule has 1 aromatic rings. The molecule has 0 saturated heterocycles. The number of fused-ring (bicyclic) bond motifs is 5. The highest BCUT2D eigenvalue weighted by molar-refractivity contribution is 6.26. The third kappa shape index (κ3) is 1.85. The molecule has 3 aliphatic rings. The van der Waals surface area contributed by atoms with Gasteiger partial charge in [-0.1, -0.05) is 26.0 Å². The van der Waals surface area contributed by atoms with Crippen LogP contribution >= 0.6 is 0 Å². The van der Waals surface area contributed by atoms with Crippen LogP contribution < -0.4 is 0 Å². The first-order valence-corrected chi connectivity index (χ1v) is 8.57. The van der Waals surface area contributed by atoms with Gasteiger partial charge in [-0.05, 0) is 59.9 Å². The Hall–Kier alpha value is -2.03. The topological polar surface area (TPSA) is 57.5 Å². The Morgan fingerprint density at radius 3 is 2.09 bits per heavy atom. The van der Waals surface area contributed by atoms with E-state index in [0.29, 0.717) is 11.5 Å². The quantitative estimate of drug-likeness (QED) is 0.835. The van der Waals surface area contributed by atoms with Crippen molar-refractivity contribution in [1.29, 1.82) is 0 Å². The van der Waals surface area contributed by atoms with Gasteiger partial charge in [0, 0.05) is 11.8 Å². The van der Waals surface area contributed by atoms with Gasteiger partial charge in [0.1, 0.15) is 11.5 Å². The van der Waals surface area contributed by atoms with Crippen molar-refractivity contribution in [2.75, 3.05) is 0 Å². The van der Waals surface area contributed by atoms with Crippen molar-refractivity contribution in [3.05, 3.63) is 46.7 Å². The van der Waals surface area contributed by atoms with E-state index in [1.165, 1.54) is 0 Å². The predicted octanol–water partition coefficient (Wildman–Crippen LogP) is 3.81. The summed E-state index contributed by atoms with van der Waals surface area (Å²) in [7, 11) is 0. The lowest BCUT2D eigenvalue weighted by molar-refractivity contribution is -0.118. The number of hydrogen-bond donors (Lipinski definition) is 2. The highest BCUT2D eigenvalue weighted by Crippen LogP contribution is 2.57. The minimum absolute atomic E-state index is 0.0317. The fraction of sp³-hybridized carbons (Fsp3) is 0.450. The minimum atomic E-state index is -0.0804. The predicted molar refractivity (Wildman–Crippen MR) is 89.1 cm³/mol. The number of benzene rings is 1. The molecule has 0 amide bonds. The number of aliphatic hydroxyl groups is 1. The zero-order chi connectivity index (χ0) is 16.3. The summed E-state index contributed by atoms with van der Waals surface area (Å²) in [6, 6.07) is 3.45. The molecule has 0 radical (unpaired) electrons. The van der Waals surface area contributed by atoms with Crippen LogP contribution in [0.15, 0.2) is 30.0 Å². The summed E-state index contributed by atoms with van der Waals surface area (Å²) in [5, 5.41) is 20.8. The molecule has 120 valence electrons. The molecule has 2 bridgehead atoms. The summed E-state index contributed by atoms with van der Waals surface area (Å²) < 4.78 is 0. The van der Waals surface area contributed by atoms with Crippen LogP contribution in [0.3, 0.4) is 0 Å². The number of hydrogen-bond acceptors (Lipinski definition) is 3. The van der Waals surface area contributed by atoms with E-state index in [-0.39, 0.29) is 35.0 Å². The molecular weight excluding hydrogens is 288 g/mol. The van der Waals surface area contributed by atoms with Gasteiger partial charge in [0.15, 0.2) is 5.78 Å². The number of Topliss-reactive ketones (excluding diaryl/α,β-unsaturated/α-hetero) is 1. The first kappa shape index (κ1) is 14.6. The van der Waals surface area contributed by atoms with Gasteiger partial charge in [-0.3, -0.25) is 4.79 Å². The molecule has 0 spiro atoms. The van der Waals surface area contributed by atoms with Crippen LogP contribution in [0, 0.1) is 23.7 Å². The normalized spacial score (nSPS) is 31.3. The standard InChI is InChI=1S/C20H22O3/c1-3-10-8-14(21)9-11(4-2)15(10)18-19(22)16-12-5-6-13(7-12)17(16)20(18)23/h5-6,8-9,12-13,16-17,21-22H,3-4,7H2,1-2H3. The van der Waals surface area contributed by atoms with Gasteiger partial charge >= 0.3 is 0 Å². The molecule has 1 saturated carbocycles. The smallest absolute Gasteiger partial charge is 0.171 e. The number of ketones is 1. The van der Waals surface area contributed by atoms with E-state index in [0.717, 1.165) is 36.0 Å². The first-order chi connectivity index (χ1) is 11.1. The number of aromatic hydroxyl groups is 1. The van der Waals surface area contributed by atoms with Crippen molar-refractivity contribution < 1.29 is 15.0 Å². The SMILES string of the molecule is CCc1cc(O)cc(CC)c1C1=C(O)C2C3C=CC(C3)C2C1=O. The lowest BCUT2D eigenvalue weighted by Crippen LogP contribution is -2.22. The van der Waals surface area contributed by atoms with Crippen molar-refractivity contribution in [3.63, 3.8) is 0 Å². The van der Waals surface area contributed by atoms with E-state index in [1.54, 1.807) is 12.1 Å². The number of carbonyl (C=O) groups excluding carboxylic acids is 1. The van der Waals surface area contributed by atoms with Crippen LogP contribution in [0.2, 0.25) is 0 Å². The van der Waals surface area contributed by atoms with E-state index in [9.17, 15) is 15.0 Å². The largest absolute Gasteiger partial charge is 0.511 e. The van der Waals surface area contributed by atoms with E-state index >= 15 is 0 Å². The van der Waals surface area contributed by atoms with E-state index in [1.807, 2.05) is 13.8 Å². The van der Waals surface area contributed by atoms with Crippen LogP contribution in [0.1, 0.15) is 37.0 Å². The van der Waals surface area contributed by atoms with Crippen LogP contribution in [0.4, 0.5) is 0 Å². The molecule has 0 heterocycles. The number of aliphatic hydroxyl groups excluding tert-OH is 1. The van der Waals surface area contributed by atoms with Gasteiger partial charge in [0.2, 0.25) is 0 Å². The molecular formula is C20H22O3. The fourth-order valence-corrected chi connectivity index (χ4v) is 4.89. The number of rotatable bonds is 3. The molecule has 1 fully saturated rings. The molecule has 3 aliphatic carbocycles. The number of phenols is 1. The van der Waals surface area contributed by atoms with Gasteiger partial charge in [0.05, 0.1) is 5.57 Å². The highest BCUT2D eigenvalue weighted by atomic mass is 16.3. The minimum Gasteiger partial charge on any atom is -0.511 e. The van der Waals surface area contributed by atoms with Crippen molar-refractivity contribution in [2.45, 2.75) is 33.1 Å². The Morgan fingerprint density at radius 2 is 1.57 bits per heavy atom. The second-order valence-electron chi connectivity index (χ2n) is 6.97. The van der Waals surface area contributed by atoms with Gasteiger partial charge < -0.3 is 10.2 Å². The zero-order valence-electron chi connectivity index (χ0n) is 13.5. The van der Waals surface area contributed by atoms with Crippen LogP contribution in [0.25, 0.3) is 5.57 Å². The molecule has 4 atom stereocenters. The van der Waals surface area contributed by atoms with Crippen molar-refractivity contribution in [2.24, 2.45) is 23.7 Å². The molecule has 1 aromatic carbocycles. The summed E-state index contributed by atoms with van der Waals surface area (Å²) in [5.41, 5.74) is 3.27. The number of allylic oxidation sites excluding steroid dienone is 4. The Morgan fingerprint density at radius 1 is 1.00 bits per heavy atom. The Kier molecular flexibility index (Phi) is 3.15. The zero-order valence-corrected chi connectivity index (χ0v) is 13.5. The van der Waals surface area contributed by atoms with Gasteiger partial charge in [-0.2, -0.15) is 0 Å². The van der Waals surface area contributed by atoms with Crippen LogP contribution in [0.5, 0.6) is 5.75 Å². The summed E-state index contributed by atoms with van der Waals surface area (Å²) in [4.78, 5) is 13.1. The average molecular weight is 310 g/mol. The number of carbonyl (C=O) groups is 1. The maximum Gasteiger partial charge on any atom is 0.171 e. The van der Waals surface area contributed by atoms with Gasteiger partial charge in [-0.25, -0.2) is 0 Å². The second-order valence-corrected chi connectivity index (χ2v) is 6.97. The maximum absolute atomic E-state index is 13.1. The first-order valence-electron chi connectivity index (χ1n) is 8.57. The molecule has 3 nitrogen and oxygen atoms in total. The number of phenolic OH excluding ortho intramolecular Hbond substituents is 1. The molecule has 2 N–H and O–H groups in total. The molecule has 0 aliphatic heterocycles. The summed E-state index contributed by atoms with van der Waals surface area (Å²) >= 11 is 0. The van der Waals surface area contributed by atoms with E-state index in [2.05, 4.69) is 12.2 Å². The average Bonchev–Trinajstić information content (AvgIpc) is 3.21. The van der Waals surface area contributed by atoms with E-state index < -0.39 is 0 Å². The molecule has 0 aromatic heterocycles. The molecule has 4 unspecified atom stereocenters. The highest BCUT2D eigenvalue weighted by Gasteiger charge is 2.55. The van der Waals surface area contributed by atoms with Crippen molar-refractivity contribution in [3.8, 4) is 5.75 Å². The Bertz CT molecular complexity index is 731. The van der Waals surface area contributed by atoms with Crippen molar-refractivity contribution in [1.82, 2.24) is 0 Å². The lowest BCUT2D eigenvalue weighted by Gasteiger charge is -2.19. The van der Waals surface area contributed by atoms with Gasteiger partial charge in [-0.15, -0.1) is 0 Å². The van der Waals surface area contributed by atoms with Crippen molar-refractivity contribution >= 4 is 11.4 Å². The monoisotopic (exact) mass is 310 g/mol.